The van der Waals surface area contributed by atoms with Crippen molar-refractivity contribution in [2.24, 2.45) is 0 Å². The average molecular weight is 228 g/mol. The fourth-order valence-corrected chi connectivity index (χ4v) is 1.94. The Morgan fingerprint density at radius 2 is 2.36 bits per heavy atom. The molecule has 0 aliphatic carbocycles. The molecular formula is C8H6ClN3OS. The molecule has 0 fully saturated rings. The molecular weight excluding hydrogens is 222 g/mol. The summed E-state index contributed by atoms with van der Waals surface area (Å²) in [6.07, 6.45) is 5.24. The van der Waals surface area contributed by atoms with Crippen LogP contribution in [0.5, 0.6) is 0 Å². The van der Waals surface area contributed by atoms with Crippen LogP contribution in [0.25, 0.3) is 16.5 Å². The Morgan fingerprint density at radius 3 is 3.07 bits per heavy atom. The lowest BCUT2D eigenvalue weighted by Crippen LogP contribution is -1.71. The van der Waals surface area contributed by atoms with Gasteiger partial charge in [-0.05, 0) is 23.7 Å². The van der Waals surface area contributed by atoms with E-state index in [-0.39, 0.29) is 12.4 Å². The van der Waals surface area contributed by atoms with Crippen molar-refractivity contribution in [1.82, 2.24) is 13.8 Å². The van der Waals surface area contributed by atoms with Gasteiger partial charge in [-0.15, -0.1) is 12.4 Å². The van der Waals surface area contributed by atoms with Crippen molar-refractivity contribution < 1.29 is 4.42 Å². The van der Waals surface area contributed by atoms with Crippen LogP contribution in [0.2, 0.25) is 0 Å². The number of furan rings is 1. The molecule has 0 N–H and O–H groups in total. The van der Waals surface area contributed by atoms with E-state index in [1.165, 1.54) is 11.5 Å². The first-order valence-electron chi connectivity index (χ1n) is 3.78. The Hall–Kier alpha value is -1.33. The zero-order chi connectivity index (χ0) is 8.67. The Morgan fingerprint density at radius 1 is 1.43 bits per heavy atom. The number of aromatic nitrogens is 3. The molecule has 0 saturated heterocycles. The van der Waals surface area contributed by atoms with Gasteiger partial charge < -0.3 is 4.42 Å². The molecule has 0 amide bonds. The third-order valence-corrected chi connectivity index (χ3v) is 2.65. The first-order chi connectivity index (χ1) is 6.43. The quantitative estimate of drug-likeness (QED) is 0.642. The monoisotopic (exact) mass is 227 g/mol. The van der Waals surface area contributed by atoms with Crippen molar-refractivity contribution in [3.63, 3.8) is 0 Å². The molecule has 3 rings (SSSR count). The van der Waals surface area contributed by atoms with Gasteiger partial charge in [-0.25, -0.2) is 8.77 Å². The maximum atomic E-state index is 5.23. The summed E-state index contributed by atoms with van der Waals surface area (Å²) >= 11 is 1.51. The summed E-state index contributed by atoms with van der Waals surface area (Å²) in [6.45, 7) is 0. The minimum Gasteiger partial charge on any atom is -0.462 e. The molecule has 0 aliphatic rings. The van der Waals surface area contributed by atoms with Gasteiger partial charge in [0, 0.05) is 12.4 Å². The van der Waals surface area contributed by atoms with E-state index in [4.69, 9.17) is 4.42 Å². The van der Waals surface area contributed by atoms with Gasteiger partial charge in [-0.1, -0.05) is 0 Å². The molecule has 0 aliphatic heterocycles. The second-order valence-electron chi connectivity index (χ2n) is 2.54. The van der Waals surface area contributed by atoms with E-state index < -0.39 is 0 Å². The highest BCUT2D eigenvalue weighted by atomic mass is 35.5. The third kappa shape index (κ3) is 1.30. The van der Waals surface area contributed by atoms with Crippen LogP contribution >= 0.6 is 23.9 Å². The van der Waals surface area contributed by atoms with E-state index in [0.717, 1.165) is 16.5 Å². The molecule has 0 atom stereocenters. The molecule has 0 radical (unpaired) electrons. The van der Waals surface area contributed by atoms with E-state index in [2.05, 4.69) is 9.97 Å². The molecule has 3 aromatic heterocycles. The van der Waals surface area contributed by atoms with Gasteiger partial charge >= 0.3 is 0 Å². The summed E-state index contributed by atoms with van der Waals surface area (Å²) in [6, 6.07) is 3.73. The van der Waals surface area contributed by atoms with Crippen molar-refractivity contribution in [2.75, 3.05) is 0 Å². The van der Waals surface area contributed by atoms with Gasteiger partial charge in [-0.3, -0.25) is 0 Å². The Bertz CT molecular complexity index is 499. The van der Waals surface area contributed by atoms with Crippen molar-refractivity contribution in [1.29, 1.82) is 0 Å². The smallest absolute Gasteiger partial charge is 0.244 e. The molecule has 14 heavy (non-hydrogen) atoms. The molecule has 0 saturated carbocycles. The number of hydrogen-bond acceptors (Lipinski definition) is 4. The van der Waals surface area contributed by atoms with E-state index in [1.807, 2.05) is 22.1 Å². The Kier molecular flexibility index (Phi) is 2.26. The van der Waals surface area contributed by atoms with Gasteiger partial charge in [-0.2, -0.15) is 4.98 Å². The molecule has 0 unspecified atom stereocenters. The van der Waals surface area contributed by atoms with Gasteiger partial charge in [0.05, 0.1) is 6.26 Å². The summed E-state index contributed by atoms with van der Waals surface area (Å²) < 4.78 is 7.13. The lowest BCUT2D eigenvalue weighted by Gasteiger charge is -1.83. The van der Waals surface area contributed by atoms with Crippen molar-refractivity contribution in [3.05, 3.63) is 30.8 Å². The average Bonchev–Trinajstić information content (AvgIpc) is 2.78. The normalized spacial score (nSPS) is 10.3. The zero-order valence-corrected chi connectivity index (χ0v) is 8.59. The molecule has 4 nitrogen and oxygen atoms in total. The van der Waals surface area contributed by atoms with Gasteiger partial charge in [0.1, 0.15) is 0 Å². The minimum absolute atomic E-state index is 0. The van der Waals surface area contributed by atoms with Gasteiger partial charge in [0.2, 0.25) is 5.78 Å². The molecule has 0 spiro atoms. The first-order valence-corrected chi connectivity index (χ1v) is 4.55. The standard InChI is InChI=1S/C8H5N3OS.ClH/c1-2-6(12-5-1)7-10-8-9-3-4-11(8)13-7;/h1-5H;1H. The van der Waals surface area contributed by atoms with E-state index in [1.54, 1.807) is 12.5 Å². The number of fused-ring (bicyclic) bond motifs is 1. The van der Waals surface area contributed by atoms with Crippen LogP contribution in [0.1, 0.15) is 0 Å². The fraction of sp³-hybridized carbons (Fsp3) is 0. The maximum absolute atomic E-state index is 5.23. The highest BCUT2D eigenvalue weighted by Crippen LogP contribution is 2.23. The lowest BCUT2D eigenvalue weighted by molar-refractivity contribution is 0.582. The SMILES string of the molecule is Cl.c1coc(-c2nc3nccn3s2)c1. The maximum Gasteiger partial charge on any atom is 0.244 e. The number of hydrogen-bond donors (Lipinski definition) is 0. The predicted molar refractivity (Wildman–Crippen MR) is 55.8 cm³/mol. The van der Waals surface area contributed by atoms with E-state index >= 15 is 0 Å². The minimum atomic E-state index is 0. The molecule has 3 heterocycles. The summed E-state index contributed by atoms with van der Waals surface area (Å²) in [5, 5.41) is 0.855. The van der Waals surface area contributed by atoms with Crippen molar-refractivity contribution in [3.8, 4) is 10.8 Å². The summed E-state index contributed by atoms with van der Waals surface area (Å²) in [5.41, 5.74) is 0. The van der Waals surface area contributed by atoms with Crippen LogP contribution in [0.3, 0.4) is 0 Å². The molecule has 6 heteroatoms. The summed E-state index contributed by atoms with van der Waals surface area (Å²) in [4.78, 5) is 8.36. The largest absolute Gasteiger partial charge is 0.462 e. The molecule has 0 bridgehead atoms. The number of nitrogens with zero attached hydrogens (tertiary/aromatic N) is 3. The topological polar surface area (TPSA) is 43.3 Å². The van der Waals surface area contributed by atoms with E-state index in [9.17, 15) is 0 Å². The predicted octanol–water partition coefficient (Wildman–Crippen LogP) is 2.47. The van der Waals surface area contributed by atoms with Crippen LogP contribution in [0, 0.1) is 0 Å². The number of rotatable bonds is 1. The number of halogens is 1. The molecule has 3 aromatic rings. The highest BCUT2D eigenvalue weighted by Gasteiger charge is 2.07. The number of imidazole rings is 1. The van der Waals surface area contributed by atoms with E-state index in [0.29, 0.717) is 0 Å². The second kappa shape index (κ2) is 3.43. The van der Waals surface area contributed by atoms with Crippen LogP contribution in [-0.2, 0) is 0 Å². The van der Waals surface area contributed by atoms with Crippen molar-refractivity contribution in [2.45, 2.75) is 0 Å². The fourth-order valence-electron chi connectivity index (χ4n) is 1.14. The van der Waals surface area contributed by atoms with Crippen LogP contribution in [-0.4, -0.2) is 13.8 Å². The Balaban J connectivity index is 0.000000750. The second-order valence-corrected chi connectivity index (χ2v) is 3.50. The van der Waals surface area contributed by atoms with Gasteiger partial charge in [0.15, 0.2) is 10.8 Å². The first kappa shape index (κ1) is 9.23. The van der Waals surface area contributed by atoms with Crippen LogP contribution in [0.4, 0.5) is 0 Å². The lowest BCUT2D eigenvalue weighted by atomic mass is 10.5. The molecule has 72 valence electrons. The van der Waals surface area contributed by atoms with Gasteiger partial charge in [0.25, 0.3) is 0 Å². The summed E-state index contributed by atoms with van der Waals surface area (Å²) in [7, 11) is 0. The Labute approximate surface area is 89.8 Å². The zero-order valence-electron chi connectivity index (χ0n) is 6.95. The van der Waals surface area contributed by atoms with Crippen molar-refractivity contribution >= 4 is 29.7 Å². The van der Waals surface area contributed by atoms with Crippen LogP contribution in [0.15, 0.2) is 35.2 Å². The summed E-state index contributed by atoms with van der Waals surface area (Å²) in [5.74, 6) is 1.51. The molecule has 0 aromatic carbocycles. The third-order valence-electron chi connectivity index (χ3n) is 1.71. The van der Waals surface area contributed by atoms with Crippen LogP contribution < -0.4 is 0 Å². The highest BCUT2D eigenvalue weighted by molar-refractivity contribution is 7.09.